The molecule has 1 atom stereocenters. The van der Waals surface area contributed by atoms with Crippen LogP contribution in [-0.4, -0.2) is 36.9 Å². The van der Waals surface area contributed by atoms with E-state index in [2.05, 4.69) is 5.32 Å². The van der Waals surface area contributed by atoms with Crippen LogP contribution in [0.25, 0.3) is 0 Å². The van der Waals surface area contributed by atoms with Gasteiger partial charge in [0.05, 0.1) is 12.5 Å². The third-order valence-corrected chi connectivity index (χ3v) is 1.57. The average Bonchev–Trinajstić information content (AvgIpc) is 2.10. The van der Waals surface area contributed by atoms with E-state index < -0.39 is 0 Å². The quantitative estimate of drug-likeness (QED) is 0.476. The Morgan fingerprint density at radius 3 is 2.30 bits per heavy atom. The molecule has 0 aromatic carbocycles. The van der Waals surface area contributed by atoms with E-state index in [0.29, 0.717) is 6.42 Å². The monoisotopic (exact) mass is 142 g/mol. The summed E-state index contributed by atoms with van der Waals surface area (Å²) in [7, 11) is 3.56. The number of carbonyl (C=O) groups excluding carboxylic acids is 2. The lowest BCUT2D eigenvalue weighted by molar-refractivity contribution is -0.125. The minimum Gasteiger partial charge on any atom is -0.298 e. The first kappa shape index (κ1) is 7.21. The van der Waals surface area contributed by atoms with Crippen LogP contribution in [0.1, 0.15) is 6.42 Å². The second-order valence-corrected chi connectivity index (χ2v) is 2.60. The maximum atomic E-state index is 10.9. The zero-order chi connectivity index (χ0) is 7.72. The van der Waals surface area contributed by atoms with Gasteiger partial charge in [-0.15, -0.1) is 0 Å². The van der Waals surface area contributed by atoms with Crippen molar-refractivity contribution in [1.29, 1.82) is 0 Å². The number of imide groups is 1. The SMILES string of the molecule is CN(C)[C@@H]1CC(=O)NC1=O. The van der Waals surface area contributed by atoms with Crippen LogP contribution in [0.3, 0.4) is 0 Å². The highest BCUT2D eigenvalue weighted by molar-refractivity contribution is 6.05. The van der Waals surface area contributed by atoms with E-state index >= 15 is 0 Å². The van der Waals surface area contributed by atoms with Crippen LogP contribution < -0.4 is 5.32 Å². The van der Waals surface area contributed by atoms with Crippen LogP contribution in [0, 0.1) is 0 Å². The van der Waals surface area contributed by atoms with Gasteiger partial charge in [-0.1, -0.05) is 0 Å². The molecule has 1 aliphatic rings. The summed E-state index contributed by atoms with van der Waals surface area (Å²) in [6, 6.07) is -0.257. The molecular formula is C6H10N2O2. The molecule has 0 aromatic heterocycles. The molecule has 0 aromatic rings. The van der Waals surface area contributed by atoms with Crippen LogP contribution in [0.4, 0.5) is 0 Å². The minimum atomic E-state index is -0.257. The summed E-state index contributed by atoms with van der Waals surface area (Å²) in [5.41, 5.74) is 0. The number of amides is 2. The van der Waals surface area contributed by atoms with Crippen LogP contribution in [-0.2, 0) is 9.59 Å². The van der Waals surface area contributed by atoms with E-state index in [9.17, 15) is 9.59 Å². The predicted molar refractivity (Wildman–Crippen MR) is 35.2 cm³/mol. The summed E-state index contributed by atoms with van der Waals surface area (Å²) >= 11 is 0. The van der Waals surface area contributed by atoms with E-state index in [0.717, 1.165) is 0 Å². The van der Waals surface area contributed by atoms with Crippen LogP contribution >= 0.6 is 0 Å². The van der Waals surface area contributed by atoms with Crippen molar-refractivity contribution < 1.29 is 9.59 Å². The highest BCUT2D eigenvalue weighted by atomic mass is 16.2. The Morgan fingerprint density at radius 1 is 1.50 bits per heavy atom. The fourth-order valence-corrected chi connectivity index (χ4v) is 0.957. The van der Waals surface area contributed by atoms with E-state index in [1.165, 1.54) is 0 Å². The van der Waals surface area contributed by atoms with E-state index in [1.807, 2.05) is 0 Å². The van der Waals surface area contributed by atoms with Gasteiger partial charge in [-0.25, -0.2) is 0 Å². The minimum absolute atomic E-state index is 0.177. The molecule has 0 aliphatic carbocycles. The summed E-state index contributed by atoms with van der Waals surface area (Å²) in [6.07, 6.45) is 0.297. The Hall–Kier alpha value is -0.900. The first-order valence-electron chi connectivity index (χ1n) is 3.11. The van der Waals surface area contributed by atoms with Gasteiger partial charge in [0.25, 0.3) is 0 Å². The van der Waals surface area contributed by atoms with Crippen LogP contribution in [0.2, 0.25) is 0 Å². The Balaban J connectivity index is 2.63. The molecule has 1 saturated heterocycles. The summed E-state index contributed by atoms with van der Waals surface area (Å²) in [6.45, 7) is 0. The highest BCUT2D eigenvalue weighted by Crippen LogP contribution is 2.05. The van der Waals surface area contributed by atoms with E-state index in [-0.39, 0.29) is 17.9 Å². The Bertz CT molecular complexity index is 177. The predicted octanol–water partition coefficient (Wildman–Crippen LogP) is -1.04. The van der Waals surface area contributed by atoms with Gasteiger partial charge in [0.15, 0.2) is 0 Å². The molecular weight excluding hydrogens is 132 g/mol. The molecule has 10 heavy (non-hydrogen) atoms. The molecule has 56 valence electrons. The van der Waals surface area contributed by atoms with E-state index in [1.54, 1.807) is 19.0 Å². The molecule has 0 saturated carbocycles. The van der Waals surface area contributed by atoms with Gasteiger partial charge in [0.1, 0.15) is 0 Å². The first-order valence-corrected chi connectivity index (χ1v) is 3.11. The first-order chi connectivity index (χ1) is 4.61. The summed E-state index contributed by atoms with van der Waals surface area (Å²) < 4.78 is 0. The number of hydrogen-bond acceptors (Lipinski definition) is 3. The van der Waals surface area contributed by atoms with Gasteiger partial charge in [0, 0.05) is 0 Å². The van der Waals surface area contributed by atoms with Crippen molar-refractivity contribution >= 4 is 11.8 Å². The molecule has 1 N–H and O–H groups in total. The van der Waals surface area contributed by atoms with Gasteiger partial charge in [-0.05, 0) is 14.1 Å². The number of carbonyl (C=O) groups is 2. The zero-order valence-electron chi connectivity index (χ0n) is 6.05. The maximum Gasteiger partial charge on any atom is 0.244 e. The molecule has 4 heteroatoms. The molecule has 4 nitrogen and oxygen atoms in total. The molecule has 1 fully saturated rings. The van der Waals surface area contributed by atoms with Gasteiger partial charge < -0.3 is 0 Å². The van der Waals surface area contributed by atoms with Crippen molar-refractivity contribution in [2.24, 2.45) is 0 Å². The zero-order valence-corrected chi connectivity index (χ0v) is 6.05. The van der Waals surface area contributed by atoms with Gasteiger partial charge in [0.2, 0.25) is 11.8 Å². The van der Waals surface area contributed by atoms with Crippen molar-refractivity contribution in [1.82, 2.24) is 10.2 Å². The molecule has 0 radical (unpaired) electrons. The second kappa shape index (κ2) is 2.38. The number of hydrogen-bond donors (Lipinski definition) is 1. The standard InChI is InChI=1S/C6H10N2O2/c1-8(2)4-3-5(9)7-6(4)10/h4H,3H2,1-2H3,(H,7,9,10)/t4-/m1/s1. The van der Waals surface area contributed by atoms with Crippen molar-refractivity contribution in [3.05, 3.63) is 0 Å². The second-order valence-electron chi connectivity index (χ2n) is 2.60. The number of likely N-dealkylation sites (N-methyl/N-ethyl adjacent to an activating group) is 1. The molecule has 0 unspecified atom stereocenters. The maximum absolute atomic E-state index is 10.9. The highest BCUT2D eigenvalue weighted by Gasteiger charge is 2.31. The normalized spacial score (nSPS) is 25.7. The lowest BCUT2D eigenvalue weighted by atomic mass is 10.2. The number of nitrogens with one attached hydrogen (secondary N) is 1. The smallest absolute Gasteiger partial charge is 0.244 e. The fraction of sp³-hybridized carbons (Fsp3) is 0.667. The van der Waals surface area contributed by atoms with Crippen molar-refractivity contribution in [3.8, 4) is 0 Å². The molecule has 1 aliphatic heterocycles. The average molecular weight is 142 g/mol. The Morgan fingerprint density at radius 2 is 2.10 bits per heavy atom. The van der Waals surface area contributed by atoms with Crippen LogP contribution in [0.15, 0.2) is 0 Å². The number of nitrogens with zero attached hydrogens (tertiary/aromatic N) is 1. The molecule has 1 rings (SSSR count). The lowest BCUT2D eigenvalue weighted by Gasteiger charge is -2.13. The third-order valence-electron chi connectivity index (χ3n) is 1.57. The van der Waals surface area contributed by atoms with Crippen molar-refractivity contribution in [2.45, 2.75) is 12.5 Å². The van der Waals surface area contributed by atoms with Gasteiger partial charge in [-0.3, -0.25) is 19.8 Å². The van der Waals surface area contributed by atoms with Crippen LogP contribution in [0.5, 0.6) is 0 Å². The molecule has 1 heterocycles. The summed E-state index contributed by atoms with van der Waals surface area (Å²) in [5, 5.41) is 2.23. The number of rotatable bonds is 1. The molecule has 0 bridgehead atoms. The Labute approximate surface area is 59.2 Å². The Kier molecular flexibility index (Phi) is 1.72. The van der Waals surface area contributed by atoms with Gasteiger partial charge >= 0.3 is 0 Å². The van der Waals surface area contributed by atoms with Crippen molar-refractivity contribution in [2.75, 3.05) is 14.1 Å². The van der Waals surface area contributed by atoms with E-state index in [4.69, 9.17) is 0 Å². The van der Waals surface area contributed by atoms with Gasteiger partial charge in [-0.2, -0.15) is 0 Å². The summed E-state index contributed by atoms with van der Waals surface area (Å²) in [5.74, 6) is -0.362. The molecule has 0 spiro atoms. The fourth-order valence-electron chi connectivity index (χ4n) is 0.957. The molecule has 2 amide bonds. The largest absolute Gasteiger partial charge is 0.298 e. The third kappa shape index (κ3) is 1.16. The van der Waals surface area contributed by atoms with Crippen molar-refractivity contribution in [3.63, 3.8) is 0 Å². The lowest BCUT2D eigenvalue weighted by Crippen LogP contribution is -2.35. The topological polar surface area (TPSA) is 49.4 Å². The summed E-state index contributed by atoms with van der Waals surface area (Å²) in [4.78, 5) is 23.2.